The summed E-state index contributed by atoms with van der Waals surface area (Å²) in [7, 11) is 0. The minimum atomic E-state index is 1.000. The first-order valence-electron chi connectivity index (χ1n) is 15.3. The summed E-state index contributed by atoms with van der Waals surface area (Å²) in [6.07, 6.45) is 3.67. The number of aromatic nitrogens is 4. The fraction of sp³-hybridized carbons (Fsp3) is 0. The van der Waals surface area contributed by atoms with Gasteiger partial charge in [-0.15, -0.1) is 22.7 Å². The van der Waals surface area contributed by atoms with E-state index in [2.05, 4.69) is 135 Å². The minimum absolute atomic E-state index is 1.000. The van der Waals surface area contributed by atoms with Crippen molar-refractivity contribution in [3.05, 3.63) is 134 Å². The summed E-state index contributed by atoms with van der Waals surface area (Å²) < 4.78 is 8.79. The van der Waals surface area contributed by atoms with Crippen LogP contribution in [0.25, 0.3) is 95.5 Å². The maximum atomic E-state index is 4.80. The molecule has 11 rings (SSSR count). The second-order valence-electron chi connectivity index (χ2n) is 11.8. The van der Waals surface area contributed by atoms with Crippen LogP contribution < -0.4 is 0 Å². The van der Waals surface area contributed by atoms with E-state index in [4.69, 9.17) is 4.98 Å². The lowest BCUT2D eigenvalue weighted by Crippen LogP contribution is -1.95. The van der Waals surface area contributed by atoms with Gasteiger partial charge in [0.15, 0.2) is 0 Å². The number of rotatable bonds is 2. The van der Waals surface area contributed by atoms with E-state index in [1.54, 1.807) is 17.7 Å². The van der Waals surface area contributed by atoms with Gasteiger partial charge in [-0.1, -0.05) is 72.8 Å². The fourth-order valence-electron chi connectivity index (χ4n) is 7.65. The number of hydrogen-bond donors (Lipinski definition) is 0. The molecule has 0 atom stereocenters. The van der Waals surface area contributed by atoms with E-state index in [-0.39, 0.29) is 0 Å². The monoisotopic (exact) mass is 622 g/mol. The van der Waals surface area contributed by atoms with Crippen molar-refractivity contribution in [2.24, 2.45) is 0 Å². The summed E-state index contributed by atoms with van der Waals surface area (Å²) in [6, 6.07) is 44.2. The van der Waals surface area contributed by atoms with Crippen LogP contribution in [-0.2, 0) is 0 Å². The van der Waals surface area contributed by atoms with Crippen molar-refractivity contribution >= 4 is 107 Å². The van der Waals surface area contributed by atoms with Crippen molar-refractivity contribution in [3.8, 4) is 11.4 Å². The van der Waals surface area contributed by atoms with Crippen LogP contribution in [-0.4, -0.2) is 19.1 Å². The highest BCUT2D eigenvalue weighted by atomic mass is 32.1. The average Bonchev–Trinajstić information content (AvgIpc) is 3.86. The zero-order valence-electron chi connectivity index (χ0n) is 24.3. The number of nitrogens with zero attached hydrogens (tertiary/aromatic N) is 4. The topological polar surface area (TPSA) is 35.6 Å². The van der Waals surface area contributed by atoms with Crippen LogP contribution in [0.1, 0.15) is 0 Å². The first-order chi connectivity index (χ1) is 22.8. The highest BCUT2D eigenvalue weighted by molar-refractivity contribution is 7.26. The zero-order chi connectivity index (χ0) is 29.9. The van der Waals surface area contributed by atoms with E-state index in [1.807, 2.05) is 17.5 Å². The lowest BCUT2D eigenvalue weighted by Gasteiger charge is -2.12. The lowest BCUT2D eigenvalue weighted by atomic mass is 10.0. The Labute approximate surface area is 270 Å². The Balaban J connectivity index is 1.44. The van der Waals surface area contributed by atoms with Crippen LogP contribution in [0, 0.1) is 0 Å². The van der Waals surface area contributed by atoms with Gasteiger partial charge in [0.25, 0.3) is 0 Å². The average molecular weight is 623 g/mol. The summed E-state index contributed by atoms with van der Waals surface area (Å²) >= 11 is 3.63. The molecule has 0 fully saturated rings. The number of benzene rings is 6. The molecule has 5 heterocycles. The quantitative estimate of drug-likeness (QED) is 0.192. The normalized spacial score (nSPS) is 12.3. The molecule has 4 nitrogen and oxygen atoms in total. The van der Waals surface area contributed by atoms with Gasteiger partial charge < -0.3 is 9.13 Å². The molecule has 0 amide bonds. The van der Waals surface area contributed by atoms with Crippen molar-refractivity contribution in [2.75, 3.05) is 0 Å². The molecule has 0 N–H and O–H groups in total. The molecule has 0 saturated carbocycles. The second kappa shape index (κ2) is 9.01. The molecule has 0 saturated heterocycles. The molecule has 0 aliphatic heterocycles. The van der Waals surface area contributed by atoms with Crippen molar-refractivity contribution in [1.29, 1.82) is 0 Å². The van der Waals surface area contributed by atoms with Gasteiger partial charge in [-0.3, -0.25) is 0 Å². The van der Waals surface area contributed by atoms with Crippen LogP contribution in [0.4, 0.5) is 0 Å². The highest BCUT2D eigenvalue weighted by Crippen LogP contribution is 2.51. The smallest absolute Gasteiger partial charge is 0.128 e. The summed E-state index contributed by atoms with van der Waals surface area (Å²) in [5.74, 6) is 0. The predicted molar refractivity (Wildman–Crippen MR) is 196 cm³/mol. The number of thiophene rings is 2. The van der Waals surface area contributed by atoms with E-state index >= 15 is 0 Å². The Bertz CT molecular complexity index is 3030. The molecular weight excluding hydrogens is 601 g/mol. The van der Waals surface area contributed by atoms with Crippen LogP contribution >= 0.6 is 22.7 Å². The van der Waals surface area contributed by atoms with Crippen LogP contribution in [0.2, 0.25) is 0 Å². The molecule has 6 aromatic carbocycles. The van der Waals surface area contributed by atoms with Crippen molar-refractivity contribution in [3.63, 3.8) is 0 Å². The fourth-order valence-corrected chi connectivity index (χ4v) is 9.89. The SMILES string of the molecule is c1ccc(-n2c3ccccc3c3c4c5ccccc5n(-c5ccc6sc7ccccc7c6c5)c4c4sc5ncncc5c4c32)cc1. The minimum Gasteiger partial charge on any atom is -0.309 e. The summed E-state index contributed by atoms with van der Waals surface area (Å²) in [6.45, 7) is 0. The van der Waals surface area contributed by atoms with Gasteiger partial charge in [0, 0.05) is 70.1 Å². The molecule has 0 aliphatic rings. The van der Waals surface area contributed by atoms with Crippen molar-refractivity contribution < 1.29 is 0 Å². The molecule has 5 aromatic heterocycles. The van der Waals surface area contributed by atoms with Gasteiger partial charge in [0.2, 0.25) is 0 Å². The molecular formula is C40H22N4S2. The first kappa shape index (κ1) is 24.7. The second-order valence-corrected chi connectivity index (χ2v) is 13.9. The Hall–Kier alpha value is -5.56. The van der Waals surface area contributed by atoms with Gasteiger partial charge in [-0.25, -0.2) is 9.97 Å². The maximum absolute atomic E-state index is 4.80. The van der Waals surface area contributed by atoms with Crippen LogP contribution in [0.3, 0.4) is 0 Å². The summed E-state index contributed by atoms with van der Waals surface area (Å²) in [5, 5.41) is 9.93. The lowest BCUT2D eigenvalue weighted by molar-refractivity contribution is 1.18. The standard InChI is InChI=1S/C40H22N4S2/c1-2-10-23(11-3-1)43-30-15-7-4-13-26(30)34-35-27-14-5-8-16-31(27)44(24-18-19-33-28(20-24)25-12-6-9-17-32(25)45-33)38(35)39-36(37(34)43)29-21-41-22-42-40(29)46-39/h1-22H. The van der Waals surface area contributed by atoms with E-state index < -0.39 is 0 Å². The molecule has 0 spiro atoms. The predicted octanol–water partition coefficient (Wildman–Crippen LogP) is 11.4. The van der Waals surface area contributed by atoms with Crippen LogP contribution in [0.15, 0.2) is 134 Å². The highest BCUT2D eigenvalue weighted by Gasteiger charge is 2.27. The van der Waals surface area contributed by atoms with Gasteiger partial charge >= 0.3 is 0 Å². The molecule has 0 aliphatic carbocycles. The number of fused-ring (bicyclic) bond motifs is 15. The zero-order valence-corrected chi connectivity index (χ0v) is 25.9. The third kappa shape index (κ3) is 3.12. The summed E-state index contributed by atoms with van der Waals surface area (Å²) in [4.78, 5) is 10.3. The molecule has 0 radical (unpaired) electrons. The molecule has 0 unspecified atom stereocenters. The maximum Gasteiger partial charge on any atom is 0.128 e. The van der Waals surface area contributed by atoms with E-state index in [0.29, 0.717) is 0 Å². The van der Waals surface area contributed by atoms with Gasteiger partial charge in [0.05, 0.1) is 26.8 Å². The van der Waals surface area contributed by atoms with Gasteiger partial charge in [0.1, 0.15) is 11.2 Å². The Kier molecular flexibility index (Phi) is 4.84. The molecule has 46 heavy (non-hydrogen) atoms. The third-order valence-electron chi connectivity index (χ3n) is 9.46. The van der Waals surface area contributed by atoms with Gasteiger partial charge in [-0.05, 0) is 48.5 Å². The van der Waals surface area contributed by atoms with Crippen LogP contribution in [0.5, 0.6) is 0 Å². The summed E-state index contributed by atoms with van der Waals surface area (Å²) in [5.41, 5.74) is 7.13. The number of hydrogen-bond acceptors (Lipinski definition) is 4. The van der Waals surface area contributed by atoms with Crippen molar-refractivity contribution in [2.45, 2.75) is 0 Å². The molecule has 214 valence electrons. The van der Waals surface area contributed by atoms with Gasteiger partial charge in [-0.2, -0.15) is 0 Å². The third-order valence-corrected chi connectivity index (χ3v) is 11.7. The first-order valence-corrected chi connectivity index (χ1v) is 17.0. The van der Waals surface area contributed by atoms with Crippen molar-refractivity contribution in [1.82, 2.24) is 19.1 Å². The largest absolute Gasteiger partial charge is 0.309 e. The molecule has 0 bridgehead atoms. The Morgan fingerprint density at radius 1 is 0.478 bits per heavy atom. The molecule has 11 aromatic rings. The molecule has 6 heteroatoms. The van der Waals surface area contributed by atoms with E-state index in [9.17, 15) is 0 Å². The van der Waals surface area contributed by atoms with E-state index in [1.165, 1.54) is 79.6 Å². The Morgan fingerprint density at radius 2 is 1.13 bits per heavy atom. The number of para-hydroxylation sites is 3. The van der Waals surface area contributed by atoms with E-state index in [0.717, 1.165) is 15.9 Å². The Morgan fingerprint density at radius 3 is 1.93 bits per heavy atom.